The second-order valence-electron chi connectivity index (χ2n) is 3.93. The summed E-state index contributed by atoms with van der Waals surface area (Å²) < 4.78 is 0. The molecule has 9 heteroatoms. The van der Waals surface area contributed by atoms with Crippen molar-refractivity contribution in [3.05, 3.63) is 29.7 Å². The Balaban J connectivity index is 2.09. The van der Waals surface area contributed by atoms with E-state index in [4.69, 9.17) is 5.84 Å². The normalized spacial score (nSPS) is 10.3. The largest absolute Gasteiger partial charge is 0.333 e. The number of nitrogens with one attached hydrogen (secondary N) is 2. The van der Waals surface area contributed by atoms with Gasteiger partial charge in [0.2, 0.25) is 0 Å². The van der Waals surface area contributed by atoms with E-state index in [0.29, 0.717) is 17.5 Å². The van der Waals surface area contributed by atoms with Crippen LogP contribution in [-0.2, 0) is 6.54 Å². The van der Waals surface area contributed by atoms with Crippen LogP contribution in [0.15, 0.2) is 12.4 Å². The summed E-state index contributed by atoms with van der Waals surface area (Å²) in [6.45, 7) is 2.07. The number of aromatic nitrogens is 5. The van der Waals surface area contributed by atoms with E-state index in [2.05, 4.69) is 30.6 Å². The van der Waals surface area contributed by atoms with Gasteiger partial charge in [0.1, 0.15) is 11.5 Å². The van der Waals surface area contributed by atoms with Crippen LogP contribution < -0.4 is 11.3 Å². The Hall–Kier alpha value is -2.55. The van der Waals surface area contributed by atoms with Crippen LogP contribution in [0.4, 0.5) is 5.82 Å². The van der Waals surface area contributed by atoms with E-state index in [1.165, 1.54) is 17.3 Å². The summed E-state index contributed by atoms with van der Waals surface area (Å²) in [4.78, 5) is 25.6. The summed E-state index contributed by atoms with van der Waals surface area (Å²) in [7, 11) is 1.64. The maximum Gasteiger partial charge on any atom is 0.274 e. The Morgan fingerprint density at radius 2 is 2.26 bits per heavy atom. The van der Waals surface area contributed by atoms with Crippen molar-refractivity contribution >= 4 is 11.7 Å². The Bertz CT molecular complexity index is 580. The fourth-order valence-corrected chi connectivity index (χ4v) is 1.48. The van der Waals surface area contributed by atoms with Crippen molar-refractivity contribution in [2.75, 3.05) is 12.5 Å². The molecule has 2 heterocycles. The minimum atomic E-state index is -0.285. The predicted octanol–water partition coefficient (Wildman–Crippen LogP) is -0.539. The fourth-order valence-electron chi connectivity index (χ4n) is 1.48. The van der Waals surface area contributed by atoms with E-state index in [-0.39, 0.29) is 18.1 Å². The molecule has 0 fully saturated rings. The van der Waals surface area contributed by atoms with Gasteiger partial charge < -0.3 is 10.3 Å². The first-order valence-corrected chi connectivity index (χ1v) is 5.52. The van der Waals surface area contributed by atoms with Gasteiger partial charge in [-0.2, -0.15) is 5.10 Å². The second-order valence-corrected chi connectivity index (χ2v) is 3.93. The molecule has 2 rings (SSSR count). The first-order chi connectivity index (χ1) is 9.10. The highest BCUT2D eigenvalue weighted by atomic mass is 16.2. The van der Waals surface area contributed by atoms with Crippen molar-refractivity contribution in [2.24, 2.45) is 5.84 Å². The molecule has 0 bridgehead atoms. The number of hydrogen-bond acceptors (Lipinski definition) is 7. The molecular formula is C10H14N8O. The zero-order valence-electron chi connectivity index (χ0n) is 10.6. The number of hydrazine groups is 1. The monoisotopic (exact) mass is 262 g/mol. The molecule has 19 heavy (non-hydrogen) atoms. The average molecular weight is 262 g/mol. The number of nitrogen functional groups attached to an aromatic ring is 1. The first-order valence-electron chi connectivity index (χ1n) is 5.52. The number of H-pyrrole nitrogens is 1. The molecule has 100 valence electrons. The van der Waals surface area contributed by atoms with E-state index >= 15 is 0 Å². The minimum Gasteiger partial charge on any atom is -0.333 e. The third kappa shape index (κ3) is 3.01. The molecule has 0 aromatic carbocycles. The number of carbonyl (C=O) groups excluding carboxylic acids is 1. The van der Waals surface area contributed by atoms with Gasteiger partial charge in [0.05, 0.1) is 18.9 Å². The minimum absolute atomic E-state index is 0.199. The highest BCUT2D eigenvalue weighted by molar-refractivity contribution is 5.92. The van der Waals surface area contributed by atoms with Crippen molar-refractivity contribution in [3.63, 3.8) is 0 Å². The van der Waals surface area contributed by atoms with Crippen LogP contribution >= 0.6 is 0 Å². The third-order valence-corrected chi connectivity index (χ3v) is 2.37. The van der Waals surface area contributed by atoms with Crippen LogP contribution in [0.25, 0.3) is 0 Å². The Morgan fingerprint density at radius 1 is 1.47 bits per heavy atom. The molecule has 2 aromatic rings. The molecule has 0 aliphatic rings. The topological polar surface area (TPSA) is 126 Å². The van der Waals surface area contributed by atoms with Crippen LogP contribution in [0.3, 0.4) is 0 Å². The van der Waals surface area contributed by atoms with Crippen LogP contribution in [0.1, 0.15) is 22.1 Å². The summed E-state index contributed by atoms with van der Waals surface area (Å²) in [6, 6.07) is 0. The lowest BCUT2D eigenvalue weighted by Gasteiger charge is -2.14. The second kappa shape index (κ2) is 5.40. The Labute approximate surface area is 109 Å². The van der Waals surface area contributed by atoms with Crippen molar-refractivity contribution < 1.29 is 4.79 Å². The summed E-state index contributed by atoms with van der Waals surface area (Å²) in [5, 5.41) is 6.68. The SMILES string of the molecule is Cc1nc(CN(C)C(=O)c2cncc(NN)n2)n[nH]1. The smallest absolute Gasteiger partial charge is 0.274 e. The van der Waals surface area contributed by atoms with Crippen molar-refractivity contribution in [1.82, 2.24) is 30.0 Å². The summed E-state index contributed by atoms with van der Waals surface area (Å²) in [5.41, 5.74) is 2.54. The van der Waals surface area contributed by atoms with Crippen LogP contribution in [-0.4, -0.2) is 43.0 Å². The van der Waals surface area contributed by atoms with Gasteiger partial charge >= 0.3 is 0 Å². The third-order valence-electron chi connectivity index (χ3n) is 2.37. The molecule has 2 aromatic heterocycles. The zero-order valence-corrected chi connectivity index (χ0v) is 10.6. The standard InChI is InChI=1S/C10H14N8O/c1-6-13-9(17-16-6)5-18(2)10(19)7-3-12-4-8(14-7)15-11/h3-4H,5,11H2,1-2H3,(H,14,15)(H,13,16,17). The molecule has 0 spiro atoms. The quantitative estimate of drug-likeness (QED) is 0.499. The highest BCUT2D eigenvalue weighted by Gasteiger charge is 2.16. The average Bonchev–Trinajstić information content (AvgIpc) is 2.83. The zero-order chi connectivity index (χ0) is 13.8. The summed E-state index contributed by atoms with van der Waals surface area (Å²) in [6.07, 6.45) is 2.80. The molecule has 0 atom stereocenters. The van der Waals surface area contributed by atoms with Crippen LogP contribution in [0, 0.1) is 6.92 Å². The van der Waals surface area contributed by atoms with E-state index in [9.17, 15) is 4.79 Å². The molecule has 9 nitrogen and oxygen atoms in total. The summed E-state index contributed by atoms with van der Waals surface area (Å²) >= 11 is 0. The lowest BCUT2D eigenvalue weighted by molar-refractivity contribution is 0.0775. The number of nitrogens with zero attached hydrogens (tertiary/aromatic N) is 5. The van der Waals surface area contributed by atoms with Gasteiger partial charge in [-0.05, 0) is 6.92 Å². The molecule has 1 amide bonds. The van der Waals surface area contributed by atoms with Gasteiger partial charge in [0.15, 0.2) is 11.6 Å². The number of carbonyl (C=O) groups is 1. The number of hydrogen-bond donors (Lipinski definition) is 3. The maximum absolute atomic E-state index is 12.1. The lowest BCUT2D eigenvalue weighted by atomic mass is 10.3. The molecule has 0 aliphatic heterocycles. The Morgan fingerprint density at radius 3 is 2.89 bits per heavy atom. The van der Waals surface area contributed by atoms with Crippen molar-refractivity contribution in [3.8, 4) is 0 Å². The molecule has 4 N–H and O–H groups in total. The first kappa shape index (κ1) is 12.9. The predicted molar refractivity (Wildman–Crippen MR) is 66.8 cm³/mol. The highest BCUT2D eigenvalue weighted by Crippen LogP contribution is 2.05. The van der Waals surface area contributed by atoms with E-state index in [1.807, 2.05) is 0 Å². The summed E-state index contributed by atoms with van der Waals surface area (Å²) in [5.74, 6) is 6.50. The Kier molecular flexibility index (Phi) is 3.66. The van der Waals surface area contributed by atoms with Gasteiger partial charge in [-0.3, -0.25) is 14.9 Å². The van der Waals surface area contributed by atoms with E-state index < -0.39 is 0 Å². The molecule has 0 radical (unpaired) electrons. The molecule has 0 unspecified atom stereocenters. The van der Waals surface area contributed by atoms with Crippen molar-refractivity contribution in [2.45, 2.75) is 13.5 Å². The van der Waals surface area contributed by atoms with Gasteiger partial charge in [0.25, 0.3) is 5.91 Å². The number of nitrogens with two attached hydrogens (primary N) is 1. The number of aromatic amines is 1. The van der Waals surface area contributed by atoms with E-state index in [1.54, 1.807) is 14.0 Å². The number of rotatable bonds is 4. The number of amides is 1. The van der Waals surface area contributed by atoms with Crippen molar-refractivity contribution in [1.29, 1.82) is 0 Å². The number of anilines is 1. The van der Waals surface area contributed by atoms with Gasteiger partial charge in [0, 0.05) is 7.05 Å². The maximum atomic E-state index is 12.1. The fraction of sp³-hybridized carbons (Fsp3) is 0.300. The lowest BCUT2D eigenvalue weighted by Crippen LogP contribution is -2.28. The molecule has 0 aliphatic carbocycles. The van der Waals surface area contributed by atoms with Gasteiger partial charge in [-0.25, -0.2) is 15.8 Å². The van der Waals surface area contributed by atoms with Crippen LogP contribution in [0.5, 0.6) is 0 Å². The number of aryl methyl sites for hydroxylation is 1. The van der Waals surface area contributed by atoms with Gasteiger partial charge in [-0.15, -0.1) is 0 Å². The molecular weight excluding hydrogens is 248 g/mol. The molecule has 0 saturated heterocycles. The van der Waals surface area contributed by atoms with Crippen LogP contribution in [0.2, 0.25) is 0 Å². The molecule has 0 saturated carbocycles. The van der Waals surface area contributed by atoms with Gasteiger partial charge in [-0.1, -0.05) is 0 Å². The van der Waals surface area contributed by atoms with E-state index in [0.717, 1.165) is 0 Å².